The summed E-state index contributed by atoms with van der Waals surface area (Å²) in [5.74, 6) is -0.391. The van der Waals surface area contributed by atoms with Crippen LogP contribution in [0, 0.1) is 6.92 Å². The fourth-order valence-electron chi connectivity index (χ4n) is 3.13. The van der Waals surface area contributed by atoms with Crippen LogP contribution in [0.5, 0.6) is 0 Å². The number of sulfonamides is 1. The highest BCUT2D eigenvalue weighted by molar-refractivity contribution is 7.89. The van der Waals surface area contributed by atoms with Crippen molar-refractivity contribution in [2.45, 2.75) is 18.4 Å². The zero-order valence-electron chi connectivity index (χ0n) is 16.2. The molecule has 0 aliphatic rings. The van der Waals surface area contributed by atoms with Crippen molar-refractivity contribution in [1.82, 2.24) is 18.8 Å². The van der Waals surface area contributed by atoms with Gasteiger partial charge in [0.25, 0.3) is 0 Å². The Kier molecular flexibility index (Phi) is 6.04. The van der Waals surface area contributed by atoms with Crippen LogP contribution in [0.1, 0.15) is 5.69 Å². The van der Waals surface area contributed by atoms with Crippen LogP contribution in [0.15, 0.2) is 47.5 Å². The molecule has 2 N–H and O–H groups in total. The van der Waals surface area contributed by atoms with E-state index in [0.717, 1.165) is 4.31 Å². The first-order valence-electron chi connectivity index (χ1n) is 8.73. The van der Waals surface area contributed by atoms with E-state index in [1.54, 1.807) is 22.9 Å². The van der Waals surface area contributed by atoms with Crippen molar-refractivity contribution < 1.29 is 12.8 Å². The van der Waals surface area contributed by atoms with Crippen LogP contribution in [-0.2, 0) is 16.6 Å². The van der Waals surface area contributed by atoms with Gasteiger partial charge < -0.3 is 10.3 Å². The van der Waals surface area contributed by atoms with Crippen LogP contribution in [0.3, 0.4) is 0 Å². The van der Waals surface area contributed by atoms with Crippen LogP contribution in [0.4, 0.5) is 4.39 Å². The molecular weight excluding hydrogens is 417 g/mol. The molecule has 0 amide bonds. The lowest BCUT2D eigenvalue weighted by Crippen LogP contribution is -2.22. The van der Waals surface area contributed by atoms with Crippen molar-refractivity contribution in [3.05, 3.63) is 53.3 Å². The van der Waals surface area contributed by atoms with E-state index in [2.05, 4.69) is 9.97 Å². The van der Waals surface area contributed by atoms with Gasteiger partial charge in [-0.3, -0.25) is 4.98 Å². The van der Waals surface area contributed by atoms with Crippen LogP contribution >= 0.6 is 11.6 Å². The molecule has 0 saturated heterocycles. The highest BCUT2D eigenvalue weighted by Crippen LogP contribution is 2.36. The lowest BCUT2D eigenvalue weighted by atomic mass is 10.1. The smallest absolute Gasteiger partial charge is 0.244 e. The minimum atomic E-state index is -3.66. The van der Waals surface area contributed by atoms with Crippen molar-refractivity contribution in [2.24, 2.45) is 5.73 Å². The van der Waals surface area contributed by atoms with E-state index in [4.69, 9.17) is 17.3 Å². The Labute approximate surface area is 173 Å². The molecular formula is C19H21ClFN5O2S. The molecule has 0 unspecified atom stereocenters. The molecule has 154 valence electrons. The predicted octanol–water partition coefficient (Wildman–Crippen LogP) is 3.12. The number of hydrogen-bond acceptors (Lipinski definition) is 5. The average molecular weight is 438 g/mol. The lowest BCUT2D eigenvalue weighted by Gasteiger charge is -2.12. The standard InChI is InChI=1S/C19H21ClFN5O2S/c1-12-18(13-6-16(10-23-8-13)29(27,28)25(2)3)17-7-14(20)9-24-19(17)26(12)11-15(21)4-5-22/h4,6-10H,5,11,22H2,1-3H3. The monoisotopic (exact) mass is 437 g/mol. The molecule has 0 fully saturated rings. The number of allylic oxidation sites excluding steroid dienone is 1. The van der Waals surface area contributed by atoms with Crippen LogP contribution in [0.25, 0.3) is 22.2 Å². The molecule has 0 saturated carbocycles. The number of pyridine rings is 2. The largest absolute Gasteiger partial charge is 0.327 e. The molecule has 0 bridgehead atoms. The summed E-state index contributed by atoms with van der Waals surface area (Å²) in [7, 11) is -0.754. The first kappa shape index (κ1) is 21.4. The maximum absolute atomic E-state index is 14.2. The second-order valence-corrected chi connectivity index (χ2v) is 9.24. The van der Waals surface area contributed by atoms with E-state index >= 15 is 0 Å². The zero-order valence-corrected chi connectivity index (χ0v) is 17.8. The normalized spacial score (nSPS) is 12.9. The highest BCUT2D eigenvalue weighted by atomic mass is 35.5. The number of nitrogens with two attached hydrogens (primary N) is 1. The summed E-state index contributed by atoms with van der Waals surface area (Å²) in [5.41, 5.74) is 7.90. The number of halogens is 2. The maximum Gasteiger partial charge on any atom is 0.244 e. The summed E-state index contributed by atoms with van der Waals surface area (Å²) < 4.78 is 42.1. The Hall–Kier alpha value is -2.33. The molecule has 0 radical (unpaired) electrons. The minimum Gasteiger partial charge on any atom is -0.327 e. The third kappa shape index (κ3) is 4.04. The van der Waals surface area contributed by atoms with Crippen molar-refractivity contribution >= 4 is 32.7 Å². The number of fused-ring (bicyclic) bond motifs is 1. The summed E-state index contributed by atoms with van der Waals surface area (Å²) in [6.45, 7) is 1.86. The first-order chi connectivity index (χ1) is 13.7. The summed E-state index contributed by atoms with van der Waals surface area (Å²) in [6.07, 6.45) is 5.64. The van der Waals surface area contributed by atoms with Crippen LogP contribution in [-0.4, -0.2) is 47.9 Å². The molecule has 10 heteroatoms. The number of rotatable bonds is 6. The van der Waals surface area contributed by atoms with Crippen LogP contribution < -0.4 is 5.73 Å². The Bertz CT molecular complexity index is 1200. The molecule has 0 aliphatic heterocycles. The maximum atomic E-state index is 14.2. The molecule has 0 aromatic carbocycles. The Morgan fingerprint density at radius 2 is 2.03 bits per heavy atom. The molecule has 0 spiro atoms. The molecule has 3 heterocycles. The van der Waals surface area contributed by atoms with Gasteiger partial charge in [0.05, 0.1) is 11.6 Å². The third-order valence-electron chi connectivity index (χ3n) is 4.55. The molecule has 7 nitrogen and oxygen atoms in total. The second-order valence-electron chi connectivity index (χ2n) is 6.65. The van der Waals surface area contributed by atoms with Crippen LogP contribution in [0.2, 0.25) is 5.02 Å². The first-order valence-corrected chi connectivity index (χ1v) is 10.6. The van der Waals surface area contributed by atoms with Gasteiger partial charge in [0.15, 0.2) is 0 Å². The van der Waals surface area contributed by atoms with Gasteiger partial charge in [-0.05, 0) is 25.1 Å². The van der Waals surface area contributed by atoms with Gasteiger partial charge in [0.2, 0.25) is 10.0 Å². The molecule has 0 atom stereocenters. The average Bonchev–Trinajstić information content (AvgIpc) is 2.92. The van der Waals surface area contributed by atoms with Gasteiger partial charge in [0, 0.05) is 61.4 Å². The number of aromatic nitrogens is 3. The number of nitrogens with zero attached hydrogens (tertiary/aromatic N) is 4. The summed E-state index contributed by atoms with van der Waals surface area (Å²) >= 11 is 6.15. The SMILES string of the molecule is Cc1c(-c2cncc(S(=O)(=O)N(C)C)c2)c2cc(Cl)cnc2n1CC(F)=CCN. The van der Waals surface area contributed by atoms with Gasteiger partial charge in [-0.1, -0.05) is 11.6 Å². The zero-order chi connectivity index (χ0) is 21.3. The summed E-state index contributed by atoms with van der Waals surface area (Å²) in [4.78, 5) is 8.53. The van der Waals surface area contributed by atoms with Gasteiger partial charge in [-0.15, -0.1) is 0 Å². The van der Waals surface area contributed by atoms with E-state index in [1.807, 2.05) is 6.92 Å². The topological polar surface area (TPSA) is 94.1 Å². The Morgan fingerprint density at radius 3 is 2.69 bits per heavy atom. The lowest BCUT2D eigenvalue weighted by molar-refractivity contribution is 0.520. The predicted molar refractivity (Wildman–Crippen MR) is 112 cm³/mol. The van der Waals surface area contributed by atoms with Gasteiger partial charge >= 0.3 is 0 Å². The summed E-state index contributed by atoms with van der Waals surface area (Å²) in [6, 6.07) is 3.27. The van der Waals surface area contributed by atoms with Crippen molar-refractivity contribution in [3.63, 3.8) is 0 Å². The van der Waals surface area contributed by atoms with Crippen molar-refractivity contribution in [1.29, 1.82) is 0 Å². The van der Waals surface area contributed by atoms with E-state index in [9.17, 15) is 12.8 Å². The minimum absolute atomic E-state index is 0.0444. The quantitative estimate of drug-likeness (QED) is 0.639. The van der Waals surface area contributed by atoms with Crippen molar-refractivity contribution in [3.8, 4) is 11.1 Å². The third-order valence-corrected chi connectivity index (χ3v) is 6.54. The molecule has 29 heavy (non-hydrogen) atoms. The molecule has 3 rings (SSSR count). The van der Waals surface area contributed by atoms with E-state index in [-0.39, 0.29) is 18.0 Å². The van der Waals surface area contributed by atoms with Gasteiger partial charge in [-0.2, -0.15) is 0 Å². The van der Waals surface area contributed by atoms with E-state index < -0.39 is 15.9 Å². The van der Waals surface area contributed by atoms with E-state index in [0.29, 0.717) is 32.9 Å². The number of hydrogen-bond donors (Lipinski definition) is 1. The van der Waals surface area contributed by atoms with Crippen molar-refractivity contribution in [2.75, 3.05) is 20.6 Å². The fraction of sp³-hybridized carbons (Fsp3) is 0.263. The van der Waals surface area contributed by atoms with E-state index in [1.165, 1.54) is 32.6 Å². The Morgan fingerprint density at radius 1 is 1.31 bits per heavy atom. The molecule has 3 aromatic heterocycles. The fourth-order valence-corrected chi connectivity index (χ4v) is 4.18. The molecule has 0 aliphatic carbocycles. The summed E-state index contributed by atoms with van der Waals surface area (Å²) in [5, 5.41) is 1.09. The second kappa shape index (κ2) is 8.19. The van der Waals surface area contributed by atoms with Gasteiger partial charge in [0.1, 0.15) is 16.4 Å². The highest BCUT2D eigenvalue weighted by Gasteiger charge is 2.22. The Balaban J connectivity index is 2.27. The van der Waals surface area contributed by atoms with Gasteiger partial charge in [-0.25, -0.2) is 22.1 Å². The molecule has 3 aromatic rings.